The number of aromatic nitrogens is 2. The molecule has 0 bridgehead atoms. The molecule has 0 fully saturated rings. The summed E-state index contributed by atoms with van der Waals surface area (Å²) in [6.45, 7) is 4.11. The van der Waals surface area contributed by atoms with E-state index < -0.39 is 11.9 Å². The van der Waals surface area contributed by atoms with E-state index >= 15 is 0 Å². The van der Waals surface area contributed by atoms with E-state index in [-0.39, 0.29) is 18.0 Å². The first kappa shape index (κ1) is 11.2. The van der Waals surface area contributed by atoms with Gasteiger partial charge in [0.2, 0.25) is 0 Å². The maximum atomic E-state index is 11.4. The Kier molecular flexibility index (Phi) is 3.43. The van der Waals surface area contributed by atoms with Crippen LogP contribution in [0.3, 0.4) is 0 Å². The summed E-state index contributed by atoms with van der Waals surface area (Å²) in [5.41, 5.74) is 0.0108. The Balaban J connectivity index is 3.05. The minimum Gasteiger partial charge on any atom is -0.476 e. The molecule has 0 saturated heterocycles. The highest BCUT2D eigenvalue weighted by Crippen LogP contribution is 2.06. The highest BCUT2D eigenvalue weighted by atomic mass is 16.5. The van der Waals surface area contributed by atoms with E-state index in [1.54, 1.807) is 13.8 Å². The monoisotopic (exact) mass is 212 g/mol. The fourth-order valence-electron chi connectivity index (χ4n) is 1.13. The third-order valence-electron chi connectivity index (χ3n) is 1.78. The van der Waals surface area contributed by atoms with Gasteiger partial charge >= 0.3 is 11.9 Å². The molecule has 1 heterocycles. The maximum Gasteiger partial charge on any atom is 0.356 e. The molecule has 1 aromatic heterocycles. The largest absolute Gasteiger partial charge is 0.476 e. The van der Waals surface area contributed by atoms with Crippen LogP contribution in [0.15, 0.2) is 6.07 Å². The zero-order valence-electron chi connectivity index (χ0n) is 8.56. The summed E-state index contributed by atoms with van der Waals surface area (Å²) >= 11 is 0. The number of carboxylic acids is 1. The molecule has 0 atom stereocenters. The average molecular weight is 212 g/mol. The smallest absolute Gasteiger partial charge is 0.356 e. The summed E-state index contributed by atoms with van der Waals surface area (Å²) < 4.78 is 6.08. The van der Waals surface area contributed by atoms with Crippen LogP contribution in [0.4, 0.5) is 0 Å². The number of carboxylic acid groups (broad SMARTS) is 1. The molecule has 0 aliphatic carbocycles. The van der Waals surface area contributed by atoms with E-state index in [0.29, 0.717) is 6.54 Å². The summed E-state index contributed by atoms with van der Waals surface area (Å²) in [5, 5.41) is 12.4. The van der Waals surface area contributed by atoms with Crippen LogP contribution in [0.25, 0.3) is 0 Å². The van der Waals surface area contributed by atoms with Crippen molar-refractivity contribution in [2.75, 3.05) is 6.61 Å². The van der Waals surface area contributed by atoms with Gasteiger partial charge in [-0.3, -0.25) is 4.68 Å². The van der Waals surface area contributed by atoms with Gasteiger partial charge in [0.15, 0.2) is 5.69 Å². The first-order valence-electron chi connectivity index (χ1n) is 4.58. The van der Waals surface area contributed by atoms with E-state index in [2.05, 4.69) is 5.10 Å². The molecule has 0 amide bonds. The Hall–Kier alpha value is -1.85. The van der Waals surface area contributed by atoms with E-state index in [1.165, 1.54) is 10.7 Å². The van der Waals surface area contributed by atoms with Gasteiger partial charge in [-0.15, -0.1) is 0 Å². The first-order valence-corrected chi connectivity index (χ1v) is 4.58. The third kappa shape index (κ3) is 2.34. The molecular weight excluding hydrogens is 200 g/mol. The summed E-state index contributed by atoms with van der Waals surface area (Å²) in [6.07, 6.45) is 0. The predicted octanol–water partition coefficient (Wildman–Crippen LogP) is 0.778. The zero-order valence-corrected chi connectivity index (χ0v) is 8.56. The molecule has 6 heteroatoms. The van der Waals surface area contributed by atoms with Crippen LogP contribution >= 0.6 is 0 Å². The van der Waals surface area contributed by atoms with Crippen LogP contribution in [-0.4, -0.2) is 33.4 Å². The van der Waals surface area contributed by atoms with Gasteiger partial charge in [0.05, 0.1) is 6.61 Å². The summed E-state index contributed by atoms with van der Waals surface area (Å²) in [7, 11) is 0. The minimum absolute atomic E-state index is 0.153. The summed E-state index contributed by atoms with van der Waals surface area (Å²) in [5.74, 6) is -1.72. The molecule has 0 aliphatic rings. The van der Waals surface area contributed by atoms with Gasteiger partial charge in [0, 0.05) is 12.6 Å². The van der Waals surface area contributed by atoms with Crippen LogP contribution in [0.2, 0.25) is 0 Å². The fraction of sp³-hybridized carbons (Fsp3) is 0.444. The van der Waals surface area contributed by atoms with E-state index in [0.717, 1.165) is 0 Å². The van der Waals surface area contributed by atoms with E-state index in [4.69, 9.17) is 9.84 Å². The molecular formula is C9H12N2O4. The Morgan fingerprint density at radius 1 is 1.53 bits per heavy atom. The topological polar surface area (TPSA) is 81.4 Å². The number of carbonyl (C=O) groups excluding carboxylic acids is 1. The van der Waals surface area contributed by atoms with Crippen LogP contribution < -0.4 is 0 Å². The van der Waals surface area contributed by atoms with Gasteiger partial charge in [-0.25, -0.2) is 9.59 Å². The lowest BCUT2D eigenvalue weighted by Gasteiger charge is -2.02. The number of rotatable bonds is 4. The quantitative estimate of drug-likeness (QED) is 0.746. The molecule has 0 radical (unpaired) electrons. The summed E-state index contributed by atoms with van der Waals surface area (Å²) in [6, 6.07) is 1.21. The van der Waals surface area contributed by atoms with Crippen molar-refractivity contribution < 1.29 is 19.4 Å². The molecule has 0 saturated carbocycles. The van der Waals surface area contributed by atoms with Crippen LogP contribution in [-0.2, 0) is 11.3 Å². The van der Waals surface area contributed by atoms with E-state index in [1.807, 2.05) is 0 Å². The van der Waals surface area contributed by atoms with Crippen LogP contribution in [0.5, 0.6) is 0 Å². The highest BCUT2D eigenvalue weighted by molar-refractivity contribution is 5.92. The van der Waals surface area contributed by atoms with Crippen molar-refractivity contribution in [3.8, 4) is 0 Å². The Morgan fingerprint density at radius 3 is 2.67 bits per heavy atom. The second kappa shape index (κ2) is 4.59. The second-order valence-electron chi connectivity index (χ2n) is 2.76. The molecule has 1 N–H and O–H groups in total. The predicted molar refractivity (Wildman–Crippen MR) is 50.8 cm³/mol. The number of hydrogen-bond donors (Lipinski definition) is 1. The van der Waals surface area contributed by atoms with Gasteiger partial charge in [-0.1, -0.05) is 0 Å². The lowest BCUT2D eigenvalue weighted by atomic mass is 10.3. The Morgan fingerprint density at radius 2 is 2.20 bits per heavy atom. The SMILES string of the molecule is CCOC(=O)c1cc(C(=O)O)nn1CC. The Bertz CT molecular complexity index is 383. The Labute approximate surface area is 86.5 Å². The van der Waals surface area contributed by atoms with Crippen molar-refractivity contribution in [1.82, 2.24) is 9.78 Å². The molecule has 6 nitrogen and oxygen atoms in total. The van der Waals surface area contributed by atoms with E-state index in [9.17, 15) is 9.59 Å². The number of nitrogens with zero attached hydrogens (tertiary/aromatic N) is 2. The lowest BCUT2D eigenvalue weighted by Crippen LogP contribution is -2.12. The molecule has 82 valence electrons. The number of esters is 1. The van der Waals surface area contributed by atoms with Crippen molar-refractivity contribution in [1.29, 1.82) is 0 Å². The van der Waals surface area contributed by atoms with Gasteiger partial charge in [-0.05, 0) is 13.8 Å². The van der Waals surface area contributed by atoms with Crippen molar-refractivity contribution in [3.63, 3.8) is 0 Å². The van der Waals surface area contributed by atoms with Gasteiger partial charge < -0.3 is 9.84 Å². The number of aromatic carboxylic acids is 1. The molecule has 0 spiro atoms. The number of ether oxygens (including phenoxy) is 1. The molecule has 0 aromatic carbocycles. The number of hydrogen-bond acceptors (Lipinski definition) is 4. The van der Waals surface area contributed by atoms with Gasteiger partial charge in [0.1, 0.15) is 5.69 Å². The lowest BCUT2D eigenvalue weighted by molar-refractivity contribution is 0.0511. The molecule has 1 rings (SSSR count). The summed E-state index contributed by atoms with van der Waals surface area (Å²) in [4.78, 5) is 22.0. The highest BCUT2D eigenvalue weighted by Gasteiger charge is 2.18. The van der Waals surface area contributed by atoms with Gasteiger partial charge in [0.25, 0.3) is 0 Å². The molecule has 1 aromatic rings. The second-order valence-corrected chi connectivity index (χ2v) is 2.76. The maximum absolute atomic E-state index is 11.4. The van der Waals surface area contributed by atoms with Crippen molar-refractivity contribution in [2.24, 2.45) is 0 Å². The number of carbonyl (C=O) groups is 2. The molecule has 0 aliphatic heterocycles. The van der Waals surface area contributed by atoms with Crippen molar-refractivity contribution in [3.05, 3.63) is 17.5 Å². The molecule has 15 heavy (non-hydrogen) atoms. The minimum atomic E-state index is -1.16. The third-order valence-corrected chi connectivity index (χ3v) is 1.78. The molecule has 0 unspecified atom stereocenters. The van der Waals surface area contributed by atoms with Crippen LogP contribution in [0.1, 0.15) is 34.8 Å². The zero-order chi connectivity index (χ0) is 11.4. The van der Waals surface area contributed by atoms with Crippen LogP contribution in [0, 0.1) is 0 Å². The fourth-order valence-corrected chi connectivity index (χ4v) is 1.13. The normalized spacial score (nSPS) is 10.0. The standard InChI is InChI=1S/C9H12N2O4/c1-3-11-7(9(14)15-4-2)5-6(10-11)8(12)13/h5H,3-4H2,1-2H3,(H,12,13). The number of aryl methyl sites for hydroxylation is 1. The van der Waals surface area contributed by atoms with Crippen molar-refractivity contribution in [2.45, 2.75) is 20.4 Å². The van der Waals surface area contributed by atoms with Crippen molar-refractivity contribution >= 4 is 11.9 Å². The van der Waals surface area contributed by atoms with Gasteiger partial charge in [-0.2, -0.15) is 5.10 Å². The average Bonchev–Trinajstić information content (AvgIpc) is 2.61. The first-order chi connectivity index (χ1) is 7.10.